The zero-order chi connectivity index (χ0) is 36.3. The summed E-state index contributed by atoms with van der Waals surface area (Å²) in [4.78, 5) is 7.67. The van der Waals surface area contributed by atoms with Crippen LogP contribution in [0.5, 0.6) is 0 Å². The van der Waals surface area contributed by atoms with E-state index in [2.05, 4.69) is 211 Å². The molecule has 0 bridgehead atoms. The highest BCUT2D eigenvalue weighted by Gasteiger charge is 2.47. The maximum Gasteiger partial charge on any atom is 0.138 e. The van der Waals surface area contributed by atoms with Crippen LogP contribution in [-0.4, -0.2) is 4.98 Å². The largest absolute Gasteiger partial charge is 0.294 e. The molecule has 2 heterocycles. The van der Waals surface area contributed by atoms with Crippen LogP contribution in [0, 0.1) is 0 Å². The second-order valence-electron chi connectivity index (χ2n) is 14.3. The van der Waals surface area contributed by atoms with E-state index in [-0.39, 0.29) is 0 Å². The number of anilines is 3. The second-order valence-corrected chi connectivity index (χ2v) is 15.4. The molecule has 0 saturated carbocycles. The van der Waals surface area contributed by atoms with E-state index in [0.717, 1.165) is 17.2 Å². The molecular formula is C52H34N2S. The first-order chi connectivity index (χ1) is 27.3. The fraction of sp³-hybridized carbons (Fsp3) is 0.0192. The number of aromatic nitrogens is 1. The summed E-state index contributed by atoms with van der Waals surface area (Å²) >= 11 is 1.81. The number of nitrogens with zero attached hydrogens (tertiary/aromatic N) is 2. The fourth-order valence-electron chi connectivity index (χ4n) is 9.05. The van der Waals surface area contributed by atoms with E-state index in [0.29, 0.717) is 0 Å². The molecule has 0 radical (unpaired) electrons. The Bertz CT molecular complexity index is 2980. The summed E-state index contributed by atoms with van der Waals surface area (Å²) in [5, 5.41) is 5.03. The molecule has 3 heteroatoms. The average Bonchev–Trinajstić information content (AvgIpc) is 3.79. The van der Waals surface area contributed by atoms with Gasteiger partial charge >= 0.3 is 0 Å². The highest BCUT2D eigenvalue weighted by Crippen LogP contribution is 2.59. The van der Waals surface area contributed by atoms with E-state index in [4.69, 9.17) is 4.98 Å². The molecule has 2 nitrogen and oxygen atoms in total. The van der Waals surface area contributed by atoms with Crippen LogP contribution in [0.1, 0.15) is 22.3 Å². The molecule has 258 valence electrons. The number of rotatable bonds is 6. The van der Waals surface area contributed by atoms with Gasteiger partial charge in [0.25, 0.3) is 0 Å². The van der Waals surface area contributed by atoms with Gasteiger partial charge in [-0.05, 0) is 80.0 Å². The first-order valence-corrected chi connectivity index (χ1v) is 19.6. The number of benzene rings is 8. The van der Waals surface area contributed by atoms with E-state index in [1.807, 2.05) is 11.3 Å². The van der Waals surface area contributed by atoms with Crippen molar-refractivity contribution in [3.05, 3.63) is 229 Å². The molecular weight excluding hydrogens is 685 g/mol. The van der Waals surface area contributed by atoms with Crippen LogP contribution in [0.15, 0.2) is 206 Å². The predicted molar refractivity (Wildman–Crippen MR) is 232 cm³/mol. The minimum atomic E-state index is -0.507. The predicted octanol–water partition coefficient (Wildman–Crippen LogP) is 14.1. The van der Waals surface area contributed by atoms with Gasteiger partial charge in [-0.2, -0.15) is 0 Å². The molecule has 0 saturated heterocycles. The summed E-state index contributed by atoms with van der Waals surface area (Å²) in [6, 6.07) is 73.0. The van der Waals surface area contributed by atoms with Crippen LogP contribution in [0.3, 0.4) is 0 Å². The van der Waals surface area contributed by atoms with Gasteiger partial charge in [0, 0.05) is 32.9 Å². The molecule has 0 atom stereocenters. The summed E-state index contributed by atoms with van der Waals surface area (Å²) in [5.41, 5.74) is 11.5. The van der Waals surface area contributed by atoms with Gasteiger partial charge in [0.1, 0.15) is 5.82 Å². The van der Waals surface area contributed by atoms with Crippen LogP contribution in [0.4, 0.5) is 17.2 Å². The minimum absolute atomic E-state index is 0.507. The highest BCUT2D eigenvalue weighted by atomic mass is 32.1. The SMILES string of the molecule is c1ccc(-c2ccc(N(c3cc4c(cn3)sc3ccc5ccccc5c34)c3cccc4c3-c3ccccc3C4(c3ccccc3)c3ccccc3)cc2)cc1. The lowest BCUT2D eigenvalue weighted by Gasteiger charge is -2.34. The van der Waals surface area contributed by atoms with Gasteiger partial charge in [-0.1, -0.05) is 170 Å². The van der Waals surface area contributed by atoms with Crippen molar-refractivity contribution in [2.45, 2.75) is 5.41 Å². The molecule has 1 aliphatic carbocycles. The molecule has 11 rings (SSSR count). The Labute approximate surface area is 324 Å². The summed E-state index contributed by atoms with van der Waals surface area (Å²) in [5.74, 6) is 0.885. The molecule has 0 unspecified atom stereocenters. The maximum absolute atomic E-state index is 5.29. The fourth-order valence-corrected chi connectivity index (χ4v) is 10.1. The lowest BCUT2D eigenvalue weighted by molar-refractivity contribution is 0.768. The highest BCUT2D eigenvalue weighted by molar-refractivity contribution is 7.26. The van der Waals surface area contributed by atoms with E-state index >= 15 is 0 Å². The molecule has 0 amide bonds. The van der Waals surface area contributed by atoms with E-state index in [1.165, 1.54) is 75.5 Å². The van der Waals surface area contributed by atoms with Gasteiger partial charge in [-0.3, -0.25) is 4.90 Å². The topological polar surface area (TPSA) is 16.1 Å². The Kier molecular flexibility index (Phi) is 7.29. The quantitative estimate of drug-likeness (QED) is 0.170. The standard InChI is InChI=1S/C52H34N2S/c1-4-15-35(16-5-1)36-27-30-40(31-28-36)54(49-33-43-48(34-53-49)55-47-32-29-37-17-10-11-22-41(37)50(43)47)46-26-14-25-45-51(46)42-23-12-13-24-44(42)52(45,38-18-6-2-7-19-38)39-20-8-3-9-21-39/h1-34H. The van der Waals surface area contributed by atoms with Crippen LogP contribution in [0.25, 0.3) is 53.2 Å². The summed E-state index contributed by atoms with van der Waals surface area (Å²) in [6.07, 6.45) is 2.07. The first kappa shape index (κ1) is 31.7. The Balaban J connectivity index is 1.21. The van der Waals surface area contributed by atoms with Crippen LogP contribution in [0.2, 0.25) is 0 Å². The zero-order valence-corrected chi connectivity index (χ0v) is 30.7. The van der Waals surface area contributed by atoms with Gasteiger partial charge in [0.05, 0.1) is 15.8 Å². The van der Waals surface area contributed by atoms with Crippen LogP contribution < -0.4 is 4.90 Å². The molecule has 8 aromatic carbocycles. The summed E-state index contributed by atoms with van der Waals surface area (Å²) in [7, 11) is 0. The summed E-state index contributed by atoms with van der Waals surface area (Å²) in [6.45, 7) is 0. The third kappa shape index (κ3) is 4.83. The number of hydrogen-bond donors (Lipinski definition) is 0. The Hall–Kier alpha value is -6.81. The van der Waals surface area contributed by atoms with Gasteiger partial charge in [0.15, 0.2) is 0 Å². The summed E-state index contributed by atoms with van der Waals surface area (Å²) < 4.78 is 2.46. The minimum Gasteiger partial charge on any atom is -0.294 e. The smallest absolute Gasteiger partial charge is 0.138 e. The van der Waals surface area contributed by atoms with Crippen molar-refractivity contribution in [1.29, 1.82) is 0 Å². The molecule has 55 heavy (non-hydrogen) atoms. The van der Waals surface area contributed by atoms with Gasteiger partial charge in [0.2, 0.25) is 0 Å². The second kappa shape index (κ2) is 12.7. The van der Waals surface area contributed by atoms with E-state index < -0.39 is 5.41 Å². The normalized spacial score (nSPS) is 12.9. The number of hydrogen-bond acceptors (Lipinski definition) is 3. The van der Waals surface area contributed by atoms with Gasteiger partial charge < -0.3 is 0 Å². The van der Waals surface area contributed by atoms with Crippen LogP contribution >= 0.6 is 11.3 Å². The Morgan fingerprint density at radius 2 is 1.11 bits per heavy atom. The van der Waals surface area contributed by atoms with Gasteiger partial charge in [-0.25, -0.2) is 4.98 Å². The third-order valence-corrected chi connectivity index (χ3v) is 12.5. The molecule has 0 fully saturated rings. The third-order valence-electron chi connectivity index (χ3n) is 11.4. The van der Waals surface area contributed by atoms with Gasteiger partial charge in [-0.15, -0.1) is 11.3 Å². The Morgan fingerprint density at radius 3 is 1.87 bits per heavy atom. The lowest BCUT2D eigenvalue weighted by atomic mass is 9.68. The maximum atomic E-state index is 5.29. The van der Waals surface area contributed by atoms with Crippen molar-refractivity contribution in [2.75, 3.05) is 4.90 Å². The molecule has 2 aromatic heterocycles. The van der Waals surface area contributed by atoms with E-state index in [1.54, 1.807) is 0 Å². The number of pyridine rings is 1. The Morgan fingerprint density at radius 1 is 0.473 bits per heavy atom. The molecule has 1 aliphatic rings. The van der Waals surface area contributed by atoms with Crippen molar-refractivity contribution in [2.24, 2.45) is 0 Å². The molecule has 0 N–H and O–H groups in total. The van der Waals surface area contributed by atoms with Crippen molar-refractivity contribution in [3.63, 3.8) is 0 Å². The molecule has 0 aliphatic heterocycles. The van der Waals surface area contributed by atoms with Crippen molar-refractivity contribution in [3.8, 4) is 22.3 Å². The van der Waals surface area contributed by atoms with Crippen molar-refractivity contribution < 1.29 is 0 Å². The molecule has 0 spiro atoms. The zero-order valence-electron chi connectivity index (χ0n) is 29.9. The van der Waals surface area contributed by atoms with Crippen LogP contribution in [-0.2, 0) is 5.41 Å². The average molecular weight is 719 g/mol. The monoisotopic (exact) mass is 718 g/mol. The number of fused-ring (bicyclic) bond motifs is 8. The van der Waals surface area contributed by atoms with Crippen molar-refractivity contribution >= 4 is 59.5 Å². The number of thiophene rings is 1. The van der Waals surface area contributed by atoms with Crippen molar-refractivity contribution in [1.82, 2.24) is 4.98 Å². The molecule has 10 aromatic rings. The lowest BCUT2D eigenvalue weighted by Crippen LogP contribution is -2.28. The first-order valence-electron chi connectivity index (χ1n) is 18.8. The van der Waals surface area contributed by atoms with E-state index in [9.17, 15) is 0 Å².